The van der Waals surface area contributed by atoms with E-state index in [9.17, 15) is 9.18 Å². The van der Waals surface area contributed by atoms with Gasteiger partial charge in [0.2, 0.25) is 11.9 Å². The highest BCUT2D eigenvalue weighted by Gasteiger charge is 2.34. The standard InChI is InChI=1S/C19H23FN4O/c1-19(2,15-8-3-4-9-16(15)20)17(25)23-14-7-5-12-24(13-14)18-21-10-6-11-22-18/h3-4,6,8-11,14H,5,7,12-13H2,1-2H3,(H,23,25). The van der Waals surface area contributed by atoms with Gasteiger partial charge in [0.05, 0.1) is 5.41 Å². The molecule has 0 aliphatic carbocycles. The first-order valence-electron chi connectivity index (χ1n) is 8.56. The molecule has 1 aromatic heterocycles. The van der Waals surface area contributed by atoms with Gasteiger partial charge in [-0.05, 0) is 38.8 Å². The highest BCUT2D eigenvalue weighted by Crippen LogP contribution is 2.26. The maximum absolute atomic E-state index is 14.1. The van der Waals surface area contributed by atoms with Gasteiger partial charge in [0, 0.05) is 37.1 Å². The first kappa shape index (κ1) is 17.3. The summed E-state index contributed by atoms with van der Waals surface area (Å²) in [7, 11) is 0. The van der Waals surface area contributed by atoms with Gasteiger partial charge in [-0.3, -0.25) is 4.79 Å². The van der Waals surface area contributed by atoms with E-state index in [-0.39, 0.29) is 17.8 Å². The number of carbonyl (C=O) groups is 1. The molecule has 25 heavy (non-hydrogen) atoms. The van der Waals surface area contributed by atoms with Gasteiger partial charge in [0.1, 0.15) is 5.82 Å². The lowest BCUT2D eigenvalue weighted by atomic mass is 9.83. The highest BCUT2D eigenvalue weighted by molar-refractivity contribution is 5.87. The Hall–Kier alpha value is -2.50. The monoisotopic (exact) mass is 342 g/mol. The minimum atomic E-state index is -0.934. The summed E-state index contributed by atoms with van der Waals surface area (Å²) < 4.78 is 14.1. The van der Waals surface area contributed by atoms with E-state index in [0.717, 1.165) is 19.4 Å². The normalized spacial score (nSPS) is 18.0. The molecule has 1 saturated heterocycles. The van der Waals surface area contributed by atoms with Crippen molar-refractivity contribution < 1.29 is 9.18 Å². The van der Waals surface area contributed by atoms with Crippen LogP contribution in [0.2, 0.25) is 0 Å². The molecule has 1 fully saturated rings. The van der Waals surface area contributed by atoms with Crippen molar-refractivity contribution in [2.24, 2.45) is 0 Å². The molecule has 0 saturated carbocycles. The van der Waals surface area contributed by atoms with E-state index in [1.54, 1.807) is 50.5 Å². The van der Waals surface area contributed by atoms with Crippen molar-refractivity contribution in [2.75, 3.05) is 18.0 Å². The Balaban J connectivity index is 1.69. The summed E-state index contributed by atoms with van der Waals surface area (Å²) in [5.41, 5.74) is -0.525. The molecule has 0 bridgehead atoms. The molecule has 1 aliphatic heterocycles. The van der Waals surface area contributed by atoms with Gasteiger partial charge in [-0.25, -0.2) is 14.4 Å². The SMILES string of the molecule is CC(C)(C(=O)NC1CCCN(c2ncccn2)C1)c1ccccc1F. The van der Waals surface area contributed by atoms with Crippen LogP contribution in [0.25, 0.3) is 0 Å². The molecule has 1 N–H and O–H groups in total. The van der Waals surface area contributed by atoms with Gasteiger partial charge in [0.15, 0.2) is 0 Å². The number of rotatable bonds is 4. The zero-order chi connectivity index (χ0) is 17.9. The van der Waals surface area contributed by atoms with Crippen LogP contribution in [-0.2, 0) is 10.2 Å². The minimum Gasteiger partial charge on any atom is -0.351 e. The smallest absolute Gasteiger partial charge is 0.230 e. The van der Waals surface area contributed by atoms with Crippen molar-refractivity contribution in [1.82, 2.24) is 15.3 Å². The molecule has 132 valence electrons. The molecule has 3 rings (SSSR count). The maximum atomic E-state index is 14.1. The van der Waals surface area contributed by atoms with E-state index in [1.165, 1.54) is 6.07 Å². The van der Waals surface area contributed by atoms with Crippen LogP contribution < -0.4 is 10.2 Å². The van der Waals surface area contributed by atoms with Crippen LogP contribution in [-0.4, -0.2) is 35.0 Å². The molecule has 1 unspecified atom stereocenters. The van der Waals surface area contributed by atoms with Crippen molar-refractivity contribution in [2.45, 2.75) is 38.1 Å². The Morgan fingerprint density at radius 1 is 1.24 bits per heavy atom. The zero-order valence-electron chi connectivity index (χ0n) is 14.6. The van der Waals surface area contributed by atoms with Crippen LogP contribution in [0.15, 0.2) is 42.7 Å². The quantitative estimate of drug-likeness (QED) is 0.928. The van der Waals surface area contributed by atoms with Crippen LogP contribution in [0.5, 0.6) is 0 Å². The number of benzene rings is 1. The van der Waals surface area contributed by atoms with Gasteiger partial charge in [-0.15, -0.1) is 0 Å². The van der Waals surface area contributed by atoms with Crippen LogP contribution in [0, 0.1) is 5.82 Å². The fraction of sp³-hybridized carbons (Fsp3) is 0.421. The summed E-state index contributed by atoms with van der Waals surface area (Å²) >= 11 is 0. The lowest BCUT2D eigenvalue weighted by molar-refractivity contribution is -0.126. The average molecular weight is 342 g/mol. The van der Waals surface area contributed by atoms with Gasteiger partial charge >= 0.3 is 0 Å². The van der Waals surface area contributed by atoms with Crippen LogP contribution in [0.4, 0.5) is 10.3 Å². The van der Waals surface area contributed by atoms with Gasteiger partial charge < -0.3 is 10.2 Å². The first-order chi connectivity index (χ1) is 12.0. The summed E-state index contributed by atoms with van der Waals surface area (Å²) in [6.45, 7) is 5.03. The Kier molecular flexibility index (Phi) is 4.97. The topological polar surface area (TPSA) is 58.1 Å². The van der Waals surface area contributed by atoms with E-state index in [2.05, 4.69) is 20.2 Å². The van der Waals surface area contributed by atoms with E-state index in [0.29, 0.717) is 18.1 Å². The lowest BCUT2D eigenvalue weighted by Gasteiger charge is -2.35. The number of piperidine rings is 1. The van der Waals surface area contributed by atoms with Crippen LogP contribution >= 0.6 is 0 Å². The highest BCUT2D eigenvalue weighted by atomic mass is 19.1. The number of nitrogens with zero attached hydrogens (tertiary/aromatic N) is 3. The number of hydrogen-bond acceptors (Lipinski definition) is 4. The fourth-order valence-electron chi connectivity index (χ4n) is 3.19. The molecular weight excluding hydrogens is 319 g/mol. The first-order valence-corrected chi connectivity index (χ1v) is 8.56. The predicted molar refractivity (Wildman–Crippen MR) is 94.8 cm³/mol. The molecule has 1 atom stereocenters. The second-order valence-corrected chi connectivity index (χ2v) is 6.91. The van der Waals surface area contributed by atoms with Crippen LogP contribution in [0.3, 0.4) is 0 Å². The van der Waals surface area contributed by atoms with Crippen molar-refractivity contribution in [3.63, 3.8) is 0 Å². The Labute approximate surface area is 147 Å². The third kappa shape index (κ3) is 3.78. The lowest BCUT2D eigenvalue weighted by Crippen LogP contribution is -2.52. The summed E-state index contributed by atoms with van der Waals surface area (Å²) in [4.78, 5) is 23.4. The fourth-order valence-corrected chi connectivity index (χ4v) is 3.19. The summed E-state index contributed by atoms with van der Waals surface area (Å²) in [5, 5.41) is 3.08. The average Bonchev–Trinajstić information content (AvgIpc) is 2.63. The number of halogens is 1. The molecule has 6 heteroatoms. The number of hydrogen-bond donors (Lipinski definition) is 1. The summed E-state index contributed by atoms with van der Waals surface area (Å²) in [6.07, 6.45) is 5.27. The van der Waals surface area contributed by atoms with Gasteiger partial charge in [-0.1, -0.05) is 18.2 Å². The molecule has 0 radical (unpaired) electrons. The van der Waals surface area contributed by atoms with E-state index in [1.807, 2.05) is 0 Å². The third-order valence-electron chi connectivity index (χ3n) is 4.71. The Morgan fingerprint density at radius 2 is 1.96 bits per heavy atom. The number of carbonyl (C=O) groups excluding carboxylic acids is 1. The number of amides is 1. The van der Waals surface area contributed by atoms with Crippen molar-refractivity contribution in [3.05, 3.63) is 54.1 Å². The summed E-state index contributed by atoms with van der Waals surface area (Å²) in [5.74, 6) is 0.152. The molecular formula is C19H23FN4O. The second kappa shape index (κ2) is 7.17. The van der Waals surface area contributed by atoms with Crippen molar-refractivity contribution in [1.29, 1.82) is 0 Å². The van der Waals surface area contributed by atoms with Crippen molar-refractivity contribution >= 4 is 11.9 Å². The Morgan fingerprint density at radius 3 is 2.68 bits per heavy atom. The number of aromatic nitrogens is 2. The van der Waals surface area contributed by atoms with Crippen molar-refractivity contribution in [3.8, 4) is 0 Å². The second-order valence-electron chi connectivity index (χ2n) is 6.91. The Bertz CT molecular complexity index is 735. The molecule has 2 aromatic rings. The molecule has 5 nitrogen and oxygen atoms in total. The zero-order valence-corrected chi connectivity index (χ0v) is 14.6. The minimum absolute atomic E-state index is 0.00361. The van der Waals surface area contributed by atoms with Gasteiger partial charge in [0.25, 0.3) is 0 Å². The van der Waals surface area contributed by atoms with E-state index < -0.39 is 5.41 Å². The molecule has 1 amide bonds. The van der Waals surface area contributed by atoms with Crippen LogP contribution in [0.1, 0.15) is 32.3 Å². The maximum Gasteiger partial charge on any atom is 0.230 e. The predicted octanol–water partition coefficient (Wildman–Crippen LogP) is 2.68. The number of nitrogens with one attached hydrogen (secondary N) is 1. The number of anilines is 1. The van der Waals surface area contributed by atoms with Gasteiger partial charge in [-0.2, -0.15) is 0 Å². The molecule has 1 aliphatic rings. The molecule has 1 aromatic carbocycles. The largest absolute Gasteiger partial charge is 0.351 e. The summed E-state index contributed by atoms with van der Waals surface area (Å²) in [6, 6.07) is 8.22. The third-order valence-corrected chi connectivity index (χ3v) is 4.71. The molecule has 2 heterocycles. The molecule has 0 spiro atoms. The van der Waals surface area contributed by atoms with E-state index in [4.69, 9.17) is 0 Å². The van der Waals surface area contributed by atoms with E-state index >= 15 is 0 Å².